The van der Waals surface area contributed by atoms with E-state index < -0.39 is 5.41 Å². The summed E-state index contributed by atoms with van der Waals surface area (Å²) in [6, 6.07) is 62.3. The highest BCUT2D eigenvalue weighted by molar-refractivity contribution is 6.10. The van der Waals surface area contributed by atoms with E-state index in [2.05, 4.69) is 219 Å². The van der Waals surface area contributed by atoms with E-state index in [4.69, 9.17) is 6.58 Å². The molecule has 8 aromatic rings. The van der Waals surface area contributed by atoms with Gasteiger partial charge in [0, 0.05) is 33.5 Å². The van der Waals surface area contributed by atoms with Gasteiger partial charge in [-0.05, 0) is 117 Å². The minimum atomic E-state index is -0.486. The van der Waals surface area contributed by atoms with Gasteiger partial charge in [0.15, 0.2) is 0 Å². The van der Waals surface area contributed by atoms with Crippen LogP contribution < -0.4 is 4.90 Å². The highest BCUT2D eigenvalue weighted by Gasteiger charge is 2.53. The Balaban J connectivity index is 1.23. The molecule has 0 aliphatic heterocycles. The Morgan fingerprint density at radius 3 is 1.82 bits per heavy atom. The second-order valence-corrected chi connectivity index (χ2v) is 16.2. The first-order chi connectivity index (χ1) is 27.3. The molecule has 0 amide bonds. The zero-order chi connectivity index (χ0) is 38.2. The first kappa shape index (κ1) is 33.9. The monoisotopic (exact) mass is 720 g/mol. The zero-order valence-corrected chi connectivity index (χ0v) is 32.4. The van der Waals surface area contributed by atoms with Crippen LogP contribution in [0.3, 0.4) is 0 Å². The fraction of sp³-hybridized carbons (Fsp3) is 0.111. The van der Waals surface area contributed by atoms with Crippen LogP contribution >= 0.6 is 0 Å². The zero-order valence-electron chi connectivity index (χ0n) is 32.4. The molecule has 1 spiro atoms. The van der Waals surface area contributed by atoms with Gasteiger partial charge in [0.25, 0.3) is 0 Å². The van der Waals surface area contributed by atoms with E-state index >= 15 is 0 Å². The summed E-state index contributed by atoms with van der Waals surface area (Å²) >= 11 is 0. The van der Waals surface area contributed by atoms with Crippen LogP contribution in [0.25, 0.3) is 44.2 Å². The van der Waals surface area contributed by atoms with E-state index in [1.54, 1.807) is 0 Å². The first-order valence-electron chi connectivity index (χ1n) is 19.7. The summed E-state index contributed by atoms with van der Waals surface area (Å²) in [6.45, 7) is 14.0. The molecule has 0 bridgehead atoms. The second kappa shape index (κ2) is 12.7. The molecule has 1 heterocycles. The van der Waals surface area contributed by atoms with Crippen LogP contribution in [0.5, 0.6) is 0 Å². The van der Waals surface area contributed by atoms with Gasteiger partial charge in [-0.25, -0.2) is 0 Å². The van der Waals surface area contributed by atoms with E-state index in [0.717, 1.165) is 22.8 Å². The number of allylic oxidation sites excluding steroid dienone is 4. The Kier molecular flexibility index (Phi) is 7.70. The highest BCUT2D eigenvalue weighted by Crippen LogP contribution is 2.63. The number of fused-ring (bicyclic) bond motifs is 10. The molecule has 0 saturated heterocycles. The van der Waals surface area contributed by atoms with Gasteiger partial charge < -0.3 is 9.47 Å². The van der Waals surface area contributed by atoms with Crippen molar-refractivity contribution in [2.45, 2.75) is 38.5 Å². The van der Waals surface area contributed by atoms with Crippen molar-refractivity contribution >= 4 is 38.8 Å². The number of nitrogens with zero attached hydrogens (tertiary/aromatic N) is 2. The quantitative estimate of drug-likeness (QED) is 0.172. The van der Waals surface area contributed by atoms with Crippen LogP contribution in [0.15, 0.2) is 200 Å². The molecule has 0 N–H and O–H groups in total. The van der Waals surface area contributed by atoms with Gasteiger partial charge in [0.1, 0.15) is 0 Å². The SMILES string of the molecule is C=C(C=C1/C(=C\C)c2ccccc2C12c1ccccc1-c1ccccc12)N(c1cccc(C(C)(C)C)c1)c1ccc2c(c1)c1ccccc1n2-c1ccccc1. The van der Waals surface area contributed by atoms with Crippen molar-refractivity contribution in [3.8, 4) is 16.8 Å². The minimum absolute atomic E-state index is 0.0267. The number of para-hydroxylation sites is 2. The van der Waals surface area contributed by atoms with E-state index in [1.807, 2.05) is 0 Å². The predicted molar refractivity (Wildman–Crippen MR) is 237 cm³/mol. The molecule has 2 aliphatic rings. The fourth-order valence-electron chi connectivity index (χ4n) is 9.63. The summed E-state index contributed by atoms with van der Waals surface area (Å²) in [5, 5.41) is 2.43. The maximum absolute atomic E-state index is 4.97. The summed E-state index contributed by atoms with van der Waals surface area (Å²) in [5.41, 5.74) is 17.7. The van der Waals surface area contributed by atoms with Gasteiger partial charge in [-0.1, -0.05) is 155 Å². The molecule has 0 radical (unpaired) electrons. The topological polar surface area (TPSA) is 8.17 Å². The molecule has 2 nitrogen and oxygen atoms in total. The lowest BCUT2D eigenvalue weighted by atomic mass is 9.70. The van der Waals surface area contributed by atoms with E-state index in [1.165, 1.54) is 71.9 Å². The van der Waals surface area contributed by atoms with Gasteiger partial charge in [0.05, 0.1) is 16.4 Å². The van der Waals surface area contributed by atoms with Crippen molar-refractivity contribution in [3.63, 3.8) is 0 Å². The fourth-order valence-corrected chi connectivity index (χ4v) is 9.63. The summed E-state index contributed by atoms with van der Waals surface area (Å²) < 4.78 is 2.38. The van der Waals surface area contributed by atoms with E-state index in [-0.39, 0.29) is 5.41 Å². The Hall–Kier alpha value is -6.64. The van der Waals surface area contributed by atoms with Crippen LogP contribution in [0.1, 0.15) is 55.5 Å². The smallest absolute Gasteiger partial charge is 0.0726 e. The average molecular weight is 721 g/mol. The number of anilines is 2. The van der Waals surface area contributed by atoms with Crippen molar-refractivity contribution in [1.29, 1.82) is 0 Å². The molecule has 270 valence electrons. The van der Waals surface area contributed by atoms with Crippen molar-refractivity contribution in [2.75, 3.05) is 4.90 Å². The van der Waals surface area contributed by atoms with Gasteiger partial charge in [-0.2, -0.15) is 0 Å². The number of benzene rings is 7. The molecular weight excluding hydrogens is 677 g/mol. The van der Waals surface area contributed by atoms with Crippen molar-refractivity contribution in [1.82, 2.24) is 4.57 Å². The van der Waals surface area contributed by atoms with Crippen molar-refractivity contribution in [2.24, 2.45) is 0 Å². The first-order valence-corrected chi connectivity index (χ1v) is 19.7. The molecule has 0 atom stereocenters. The van der Waals surface area contributed by atoms with Crippen LogP contribution in [0.2, 0.25) is 0 Å². The third kappa shape index (κ3) is 4.88. The molecular formula is C54H44N2. The van der Waals surface area contributed by atoms with Crippen LogP contribution in [0.4, 0.5) is 11.4 Å². The Labute approximate surface area is 330 Å². The number of rotatable bonds is 5. The molecule has 0 fully saturated rings. The summed E-state index contributed by atoms with van der Waals surface area (Å²) in [4.78, 5) is 2.37. The third-order valence-electron chi connectivity index (χ3n) is 12.1. The largest absolute Gasteiger partial charge is 0.311 e. The maximum atomic E-state index is 4.97. The average Bonchev–Trinajstić information content (AvgIpc) is 3.82. The normalized spacial score (nSPS) is 15.4. The molecule has 2 heteroatoms. The molecule has 0 unspecified atom stereocenters. The standard InChI is InChI=1S/C54H44N2/c1-6-41-42-23-10-14-27-47(42)54(48-28-15-11-24-43(48)44-25-12-16-29-49(44)54)50(41)33-36(2)55(39-22-18-19-37(34-39)53(3,4)5)40-31-32-52-46(35-40)45-26-13-17-30-51(45)56(52)38-20-8-7-9-21-38/h6-35H,2H2,1,3-5H3/b41-6-,50-33?. The molecule has 7 aromatic carbocycles. The number of hydrogen-bond acceptors (Lipinski definition) is 1. The minimum Gasteiger partial charge on any atom is -0.311 e. The summed E-state index contributed by atoms with van der Waals surface area (Å²) in [7, 11) is 0. The van der Waals surface area contributed by atoms with Crippen LogP contribution in [0, 0.1) is 0 Å². The van der Waals surface area contributed by atoms with Crippen molar-refractivity contribution < 1.29 is 0 Å². The molecule has 0 saturated carbocycles. The Bertz CT molecular complexity index is 2880. The molecule has 2 aliphatic carbocycles. The number of hydrogen-bond donors (Lipinski definition) is 0. The highest BCUT2D eigenvalue weighted by atomic mass is 15.1. The van der Waals surface area contributed by atoms with Gasteiger partial charge in [-0.15, -0.1) is 0 Å². The molecule has 10 rings (SSSR count). The van der Waals surface area contributed by atoms with Crippen molar-refractivity contribution in [3.05, 3.63) is 228 Å². The van der Waals surface area contributed by atoms with E-state index in [9.17, 15) is 0 Å². The second-order valence-electron chi connectivity index (χ2n) is 16.2. The Morgan fingerprint density at radius 1 is 0.571 bits per heavy atom. The molecule has 1 aromatic heterocycles. The van der Waals surface area contributed by atoms with Gasteiger partial charge >= 0.3 is 0 Å². The summed E-state index contributed by atoms with van der Waals surface area (Å²) in [5.74, 6) is 0. The lowest BCUT2D eigenvalue weighted by molar-refractivity contribution is 0.590. The van der Waals surface area contributed by atoms with Gasteiger partial charge in [0.2, 0.25) is 0 Å². The Morgan fingerprint density at radius 2 is 1.14 bits per heavy atom. The van der Waals surface area contributed by atoms with Crippen LogP contribution in [-0.4, -0.2) is 4.57 Å². The summed E-state index contributed by atoms with van der Waals surface area (Å²) in [6.07, 6.45) is 4.68. The van der Waals surface area contributed by atoms with Crippen LogP contribution in [-0.2, 0) is 10.8 Å². The third-order valence-corrected chi connectivity index (χ3v) is 12.1. The number of aromatic nitrogens is 1. The van der Waals surface area contributed by atoms with Gasteiger partial charge in [-0.3, -0.25) is 0 Å². The van der Waals surface area contributed by atoms with E-state index in [0.29, 0.717) is 0 Å². The lowest BCUT2D eigenvalue weighted by Gasteiger charge is -2.33. The predicted octanol–water partition coefficient (Wildman–Crippen LogP) is 14.1. The molecule has 56 heavy (non-hydrogen) atoms. The lowest BCUT2D eigenvalue weighted by Crippen LogP contribution is -2.27. The maximum Gasteiger partial charge on any atom is 0.0726 e.